The first kappa shape index (κ1) is 16.1. The maximum atomic E-state index is 11.8. The molecule has 0 fully saturated rings. The number of anilines is 1. The Labute approximate surface area is 122 Å². The third kappa shape index (κ3) is 4.62. The molecular formula is C13H17ClN2O4. The predicted octanol–water partition coefficient (Wildman–Crippen LogP) is 2.72. The van der Waals surface area contributed by atoms with E-state index in [-0.39, 0.29) is 0 Å². The number of urea groups is 1. The lowest BCUT2D eigenvalue weighted by Gasteiger charge is -2.15. The Balaban J connectivity index is 2.75. The summed E-state index contributed by atoms with van der Waals surface area (Å²) in [5, 5.41) is 14.3. The van der Waals surface area contributed by atoms with Gasteiger partial charge in [0.15, 0.2) is 0 Å². The van der Waals surface area contributed by atoms with Gasteiger partial charge in [0.25, 0.3) is 0 Å². The zero-order chi connectivity index (χ0) is 15.1. The molecule has 0 bridgehead atoms. The number of hydrogen-bond acceptors (Lipinski definition) is 3. The normalized spacial score (nSPS) is 11.6. The number of benzene rings is 1. The van der Waals surface area contributed by atoms with Gasteiger partial charge in [0.05, 0.1) is 12.8 Å². The molecule has 0 saturated carbocycles. The van der Waals surface area contributed by atoms with Crippen LogP contribution in [0.1, 0.15) is 19.8 Å². The highest BCUT2D eigenvalue weighted by Crippen LogP contribution is 2.27. The van der Waals surface area contributed by atoms with Gasteiger partial charge >= 0.3 is 12.0 Å². The molecule has 20 heavy (non-hydrogen) atoms. The first-order valence-corrected chi connectivity index (χ1v) is 6.49. The van der Waals surface area contributed by atoms with Crippen molar-refractivity contribution in [1.82, 2.24) is 5.32 Å². The molecular weight excluding hydrogens is 284 g/mol. The minimum Gasteiger partial charge on any atom is -0.495 e. The number of aliphatic carboxylic acids is 1. The second-order valence-electron chi connectivity index (χ2n) is 4.12. The van der Waals surface area contributed by atoms with E-state index in [1.165, 1.54) is 13.2 Å². The SMILES string of the molecule is CCC[C@H](NC(=O)Nc1cc(Cl)ccc1OC)C(=O)O. The monoisotopic (exact) mass is 300 g/mol. The Kier molecular flexibility index (Phi) is 6.11. The zero-order valence-corrected chi connectivity index (χ0v) is 12.0. The van der Waals surface area contributed by atoms with Crippen molar-refractivity contribution in [3.63, 3.8) is 0 Å². The summed E-state index contributed by atoms with van der Waals surface area (Å²) in [7, 11) is 1.46. The van der Waals surface area contributed by atoms with Crippen LogP contribution in [0.5, 0.6) is 5.75 Å². The lowest BCUT2D eigenvalue weighted by molar-refractivity contribution is -0.139. The smallest absolute Gasteiger partial charge is 0.326 e. The molecule has 7 heteroatoms. The molecule has 0 unspecified atom stereocenters. The maximum absolute atomic E-state index is 11.8. The molecule has 0 aliphatic carbocycles. The number of halogens is 1. The molecule has 0 saturated heterocycles. The zero-order valence-electron chi connectivity index (χ0n) is 11.3. The number of nitrogens with one attached hydrogen (secondary N) is 2. The molecule has 0 heterocycles. The first-order chi connectivity index (χ1) is 9.47. The van der Waals surface area contributed by atoms with Crippen LogP contribution in [0.4, 0.5) is 10.5 Å². The molecule has 0 radical (unpaired) electrons. The highest BCUT2D eigenvalue weighted by atomic mass is 35.5. The van der Waals surface area contributed by atoms with Crippen molar-refractivity contribution >= 4 is 29.3 Å². The standard InChI is InChI=1S/C13H17ClN2O4/c1-3-4-9(12(17)18)15-13(19)16-10-7-8(14)5-6-11(10)20-2/h5-7,9H,3-4H2,1-2H3,(H,17,18)(H2,15,16,19)/t9-/m0/s1. The van der Waals surface area contributed by atoms with Gasteiger partial charge in [-0.1, -0.05) is 24.9 Å². The topological polar surface area (TPSA) is 87.7 Å². The average molecular weight is 301 g/mol. The lowest BCUT2D eigenvalue weighted by Crippen LogP contribution is -2.42. The minimum absolute atomic E-state index is 0.357. The van der Waals surface area contributed by atoms with E-state index in [4.69, 9.17) is 21.4 Å². The molecule has 6 nitrogen and oxygen atoms in total. The van der Waals surface area contributed by atoms with Gasteiger partial charge in [-0.15, -0.1) is 0 Å². The molecule has 0 spiro atoms. The summed E-state index contributed by atoms with van der Waals surface area (Å²) in [4.78, 5) is 22.8. The van der Waals surface area contributed by atoms with E-state index in [1.54, 1.807) is 12.1 Å². The number of rotatable bonds is 6. The van der Waals surface area contributed by atoms with Gasteiger partial charge < -0.3 is 20.5 Å². The number of carbonyl (C=O) groups excluding carboxylic acids is 1. The van der Waals surface area contributed by atoms with Gasteiger partial charge in [-0.3, -0.25) is 0 Å². The molecule has 1 atom stereocenters. The average Bonchev–Trinajstić information content (AvgIpc) is 2.38. The highest BCUT2D eigenvalue weighted by molar-refractivity contribution is 6.31. The summed E-state index contributed by atoms with van der Waals surface area (Å²) >= 11 is 5.84. The van der Waals surface area contributed by atoms with E-state index in [0.717, 1.165) is 0 Å². The van der Waals surface area contributed by atoms with E-state index in [9.17, 15) is 9.59 Å². The quantitative estimate of drug-likeness (QED) is 0.754. The summed E-state index contributed by atoms with van der Waals surface area (Å²) in [6.45, 7) is 1.84. The van der Waals surface area contributed by atoms with Crippen molar-refractivity contribution in [3.05, 3.63) is 23.2 Å². The number of carboxylic acids is 1. The summed E-state index contributed by atoms with van der Waals surface area (Å²) < 4.78 is 5.08. The number of carboxylic acid groups (broad SMARTS) is 1. The second-order valence-corrected chi connectivity index (χ2v) is 4.56. The van der Waals surface area contributed by atoms with Crippen LogP contribution in [-0.2, 0) is 4.79 Å². The van der Waals surface area contributed by atoms with Crippen molar-refractivity contribution in [2.24, 2.45) is 0 Å². The van der Waals surface area contributed by atoms with Crippen LogP contribution in [0.15, 0.2) is 18.2 Å². The number of carbonyl (C=O) groups is 2. The van der Waals surface area contributed by atoms with Crippen molar-refractivity contribution in [3.8, 4) is 5.75 Å². The van der Waals surface area contributed by atoms with Gasteiger partial charge in [0.1, 0.15) is 11.8 Å². The molecule has 0 aliphatic heterocycles. The second kappa shape index (κ2) is 7.59. The maximum Gasteiger partial charge on any atom is 0.326 e. The minimum atomic E-state index is -1.07. The first-order valence-electron chi connectivity index (χ1n) is 6.11. The molecule has 1 rings (SSSR count). The van der Waals surface area contributed by atoms with Gasteiger partial charge in [0.2, 0.25) is 0 Å². The Bertz CT molecular complexity index is 493. The van der Waals surface area contributed by atoms with Crippen LogP contribution < -0.4 is 15.4 Å². The highest BCUT2D eigenvalue weighted by Gasteiger charge is 2.19. The summed E-state index contributed by atoms with van der Waals surface area (Å²) in [6.07, 6.45) is 1.01. The van der Waals surface area contributed by atoms with Crippen LogP contribution in [0.3, 0.4) is 0 Å². The van der Waals surface area contributed by atoms with Crippen molar-refractivity contribution in [1.29, 1.82) is 0 Å². The number of ether oxygens (including phenoxy) is 1. The third-order valence-corrected chi connectivity index (χ3v) is 2.83. The van der Waals surface area contributed by atoms with E-state index in [2.05, 4.69) is 10.6 Å². The summed E-state index contributed by atoms with van der Waals surface area (Å²) in [5.41, 5.74) is 0.373. The van der Waals surface area contributed by atoms with Crippen LogP contribution in [-0.4, -0.2) is 30.3 Å². The largest absolute Gasteiger partial charge is 0.495 e. The molecule has 0 aromatic heterocycles. The molecule has 1 aromatic carbocycles. The van der Waals surface area contributed by atoms with Crippen LogP contribution >= 0.6 is 11.6 Å². The molecule has 110 valence electrons. The molecule has 3 N–H and O–H groups in total. The fraction of sp³-hybridized carbons (Fsp3) is 0.385. The van der Waals surface area contributed by atoms with Gasteiger partial charge in [-0.05, 0) is 24.6 Å². The lowest BCUT2D eigenvalue weighted by atomic mass is 10.2. The Morgan fingerprint density at radius 2 is 2.15 bits per heavy atom. The Hall–Kier alpha value is -1.95. The van der Waals surface area contributed by atoms with E-state index < -0.39 is 18.0 Å². The van der Waals surface area contributed by atoms with Gasteiger partial charge in [-0.25, -0.2) is 9.59 Å². The van der Waals surface area contributed by atoms with Crippen LogP contribution in [0.25, 0.3) is 0 Å². The Morgan fingerprint density at radius 1 is 1.45 bits per heavy atom. The van der Waals surface area contributed by atoms with Gasteiger partial charge in [0, 0.05) is 5.02 Å². The number of amides is 2. The number of hydrogen-bond donors (Lipinski definition) is 3. The summed E-state index contributed by atoms with van der Waals surface area (Å²) in [5.74, 6) is -0.632. The van der Waals surface area contributed by atoms with E-state index in [0.29, 0.717) is 29.3 Å². The third-order valence-electron chi connectivity index (χ3n) is 2.59. The van der Waals surface area contributed by atoms with Crippen LogP contribution in [0, 0.1) is 0 Å². The molecule has 2 amide bonds. The van der Waals surface area contributed by atoms with Crippen molar-refractivity contribution in [2.75, 3.05) is 12.4 Å². The van der Waals surface area contributed by atoms with E-state index in [1.807, 2.05) is 6.92 Å². The predicted molar refractivity (Wildman–Crippen MR) is 76.5 cm³/mol. The fourth-order valence-corrected chi connectivity index (χ4v) is 1.81. The van der Waals surface area contributed by atoms with Crippen molar-refractivity contribution in [2.45, 2.75) is 25.8 Å². The van der Waals surface area contributed by atoms with Crippen molar-refractivity contribution < 1.29 is 19.4 Å². The summed E-state index contributed by atoms with van der Waals surface area (Å²) in [6, 6.07) is 3.21. The molecule has 0 aliphatic rings. The van der Waals surface area contributed by atoms with Gasteiger partial charge in [-0.2, -0.15) is 0 Å². The van der Waals surface area contributed by atoms with E-state index >= 15 is 0 Å². The van der Waals surface area contributed by atoms with Crippen LogP contribution in [0.2, 0.25) is 5.02 Å². The Morgan fingerprint density at radius 3 is 2.70 bits per heavy atom. The molecule has 1 aromatic rings. The number of methoxy groups -OCH3 is 1. The fourth-order valence-electron chi connectivity index (χ4n) is 1.64.